The number of aromatic nitrogens is 1. The first kappa shape index (κ1) is 24.7. The Morgan fingerprint density at radius 3 is 2.35 bits per heavy atom. The number of hydrogen-bond acceptors (Lipinski definition) is 8. The smallest absolute Gasteiger partial charge is 0.301 e. The second-order valence-electron chi connectivity index (χ2n) is 8.05. The number of amides is 1. The molecular weight excluding hydrogens is 536 g/mol. The van der Waals surface area contributed by atoms with Gasteiger partial charge in [0.15, 0.2) is 5.13 Å². The number of nitrogens with zero attached hydrogens (tertiary/aromatic N) is 2. The quantitative estimate of drug-likeness (QED) is 0.204. The lowest BCUT2D eigenvalue weighted by Gasteiger charge is -2.23. The molecule has 5 rings (SSSR count). The number of halogens is 1. The maximum atomic E-state index is 13.3. The summed E-state index contributed by atoms with van der Waals surface area (Å²) in [6.07, 6.45) is 1.14. The van der Waals surface area contributed by atoms with Gasteiger partial charge in [-0.3, -0.25) is 14.5 Å². The standard InChI is InChI=1S/C26H17ClN2O6S2/c27-17-6-4-5-16(13-17)22-21(23(31)15-9-11-18(30)12-10-15)24(32)25(33)29(22)26-28-14-20(36-26)37(34,35)19-7-2-1-3-8-19/h1-14,22,30-31H. The van der Waals surface area contributed by atoms with Gasteiger partial charge in [-0.25, -0.2) is 13.4 Å². The van der Waals surface area contributed by atoms with Crippen LogP contribution in [-0.4, -0.2) is 35.3 Å². The van der Waals surface area contributed by atoms with E-state index >= 15 is 0 Å². The zero-order chi connectivity index (χ0) is 26.3. The largest absolute Gasteiger partial charge is 0.508 e. The molecule has 11 heteroatoms. The van der Waals surface area contributed by atoms with E-state index in [0.717, 1.165) is 22.4 Å². The number of sulfone groups is 1. The molecule has 2 heterocycles. The Balaban J connectivity index is 1.67. The van der Waals surface area contributed by atoms with Gasteiger partial charge in [0, 0.05) is 10.6 Å². The number of carbonyl (C=O) groups excluding carboxylic acids is 2. The minimum Gasteiger partial charge on any atom is -0.508 e. The number of aliphatic hydroxyl groups excluding tert-OH is 1. The Morgan fingerprint density at radius 1 is 0.973 bits per heavy atom. The number of aliphatic hydroxyl groups is 1. The number of phenols is 1. The van der Waals surface area contributed by atoms with E-state index in [1.165, 1.54) is 36.4 Å². The molecule has 37 heavy (non-hydrogen) atoms. The number of rotatable bonds is 5. The molecule has 186 valence electrons. The predicted octanol–water partition coefficient (Wildman–Crippen LogP) is 4.96. The van der Waals surface area contributed by atoms with Crippen LogP contribution in [0.15, 0.2) is 99.7 Å². The van der Waals surface area contributed by atoms with Gasteiger partial charge in [-0.1, -0.05) is 53.3 Å². The Morgan fingerprint density at radius 2 is 1.68 bits per heavy atom. The van der Waals surface area contributed by atoms with Crippen LogP contribution < -0.4 is 4.90 Å². The summed E-state index contributed by atoms with van der Waals surface area (Å²) >= 11 is 6.93. The summed E-state index contributed by atoms with van der Waals surface area (Å²) in [4.78, 5) is 31.8. The lowest BCUT2D eigenvalue weighted by atomic mass is 9.95. The highest BCUT2D eigenvalue weighted by atomic mass is 35.5. The van der Waals surface area contributed by atoms with E-state index in [1.807, 2.05) is 0 Å². The SMILES string of the molecule is O=C1C(=O)N(c2ncc(S(=O)(=O)c3ccccc3)s2)C(c2cccc(Cl)c2)C1=C(O)c1ccc(O)cc1. The molecule has 1 aliphatic rings. The highest BCUT2D eigenvalue weighted by Gasteiger charge is 2.48. The van der Waals surface area contributed by atoms with E-state index in [0.29, 0.717) is 10.6 Å². The first-order valence-corrected chi connectivity index (χ1v) is 13.5. The van der Waals surface area contributed by atoms with Gasteiger partial charge < -0.3 is 10.2 Å². The van der Waals surface area contributed by atoms with Gasteiger partial charge in [0.25, 0.3) is 5.78 Å². The molecule has 1 amide bonds. The monoisotopic (exact) mass is 552 g/mol. The lowest BCUT2D eigenvalue weighted by Crippen LogP contribution is -2.29. The first-order valence-electron chi connectivity index (χ1n) is 10.8. The molecule has 1 saturated heterocycles. The van der Waals surface area contributed by atoms with Crippen molar-refractivity contribution in [1.29, 1.82) is 0 Å². The molecule has 0 saturated carbocycles. The number of hydrogen-bond donors (Lipinski definition) is 2. The maximum absolute atomic E-state index is 13.3. The molecule has 0 spiro atoms. The maximum Gasteiger partial charge on any atom is 0.301 e. The fraction of sp³-hybridized carbons (Fsp3) is 0.0385. The van der Waals surface area contributed by atoms with Crippen LogP contribution in [0.1, 0.15) is 17.2 Å². The number of ketones is 1. The van der Waals surface area contributed by atoms with Gasteiger partial charge in [0.1, 0.15) is 15.7 Å². The van der Waals surface area contributed by atoms with Crippen molar-refractivity contribution >= 4 is 55.4 Å². The average Bonchev–Trinajstić information content (AvgIpc) is 3.48. The van der Waals surface area contributed by atoms with Crippen molar-refractivity contribution in [2.45, 2.75) is 15.1 Å². The van der Waals surface area contributed by atoms with Gasteiger partial charge in [-0.15, -0.1) is 0 Å². The summed E-state index contributed by atoms with van der Waals surface area (Å²) in [5, 5.41) is 21.0. The van der Waals surface area contributed by atoms with Crippen molar-refractivity contribution in [2.75, 3.05) is 4.90 Å². The van der Waals surface area contributed by atoms with Crippen LogP contribution in [0.3, 0.4) is 0 Å². The van der Waals surface area contributed by atoms with Crippen LogP contribution in [0.5, 0.6) is 5.75 Å². The summed E-state index contributed by atoms with van der Waals surface area (Å²) in [7, 11) is -3.92. The van der Waals surface area contributed by atoms with E-state index in [9.17, 15) is 28.2 Å². The topological polar surface area (TPSA) is 125 Å². The highest BCUT2D eigenvalue weighted by Crippen LogP contribution is 2.44. The van der Waals surface area contributed by atoms with E-state index in [1.54, 1.807) is 42.5 Å². The number of aromatic hydroxyl groups is 1. The van der Waals surface area contributed by atoms with E-state index < -0.39 is 33.3 Å². The summed E-state index contributed by atoms with van der Waals surface area (Å²) < 4.78 is 26.1. The van der Waals surface area contributed by atoms with Crippen LogP contribution in [0, 0.1) is 0 Å². The molecule has 8 nitrogen and oxygen atoms in total. The molecule has 1 aromatic heterocycles. The van der Waals surface area contributed by atoms with Crippen LogP contribution in [-0.2, 0) is 19.4 Å². The Labute approximate surface area is 220 Å². The molecule has 1 aliphatic heterocycles. The highest BCUT2D eigenvalue weighted by molar-refractivity contribution is 7.93. The minimum atomic E-state index is -3.92. The number of carbonyl (C=O) groups is 2. The Bertz CT molecular complexity index is 1660. The fourth-order valence-corrected chi connectivity index (χ4v) is 6.77. The third kappa shape index (κ3) is 4.39. The molecule has 3 aromatic carbocycles. The van der Waals surface area contributed by atoms with Crippen molar-refractivity contribution in [1.82, 2.24) is 4.98 Å². The Hall–Kier alpha value is -3.99. The predicted molar refractivity (Wildman–Crippen MR) is 138 cm³/mol. The van der Waals surface area contributed by atoms with Crippen molar-refractivity contribution in [2.24, 2.45) is 0 Å². The molecule has 0 aliphatic carbocycles. The van der Waals surface area contributed by atoms with Crippen molar-refractivity contribution < 1.29 is 28.2 Å². The van der Waals surface area contributed by atoms with Gasteiger partial charge in [-0.05, 0) is 54.1 Å². The molecule has 1 unspecified atom stereocenters. The normalized spacial score (nSPS) is 17.3. The number of benzene rings is 3. The first-order chi connectivity index (χ1) is 17.7. The van der Waals surface area contributed by atoms with Gasteiger partial charge >= 0.3 is 5.91 Å². The van der Waals surface area contributed by atoms with Crippen molar-refractivity contribution in [3.63, 3.8) is 0 Å². The molecule has 1 fully saturated rings. The number of phenolic OH excluding ortho intramolecular Hbond substituents is 1. The zero-order valence-corrected chi connectivity index (χ0v) is 21.2. The van der Waals surface area contributed by atoms with Gasteiger partial charge in [-0.2, -0.15) is 0 Å². The van der Waals surface area contributed by atoms with Crippen LogP contribution in [0.2, 0.25) is 5.02 Å². The third-order valence-corrected chi connectivity index (χ3v) is 9.21. The zero-order valence-electron chi connectivity index (χ0n) is 18.8. The number of thiazole rings is 1. The molecule has 2 N–H and O–H groups in total. The average molecular weight is 553 g/mol. The van der Waals surface area contributed by atoms with Crippen LogP contribution in [0.4, 0.5) is 5.13 Å². The second kappa shape index (κ2) is 9.47. The van der Waals surface area contributed by atoms with Crippen LogP contribution >= 0.6 is 22.9 Å². The van der Waals surface area contributed by atoms with Crippen molar-refractivity contribution in [3.8, 4) is 5.75 Å². The minimum absolute atomic E-state index is 0.0358. The fourth-order valence-electron chi connectivity index (χ4n) is 4.00. The molecule has 1 atom stereocenters. The summed E-state index contributed by atoms with van der Waals surface area (Å²) in [6.45, 7) is 0. The lowest BCUT2D eigenvalue weighted by molar-refractivity contribution is -0.132. The number of anilines is 1. The summed E-state index contributed by atoms with van der Waals surface area (Å²) in [6, 6.07) is 18.5. The van der Waals surface area contributed by atoms with E-state index in [4.69, 9.17) is 11.6 Å². The Kier molecular flexibility index (Phi) is 6.32. The molecule has 4 aromatic rings. The van der Waals surface area contributed by atoms with Crippen LogP contribution in [0.25, 0.3) is 5.76 Å². The van der Waals surface area contributed by atoms with E-state index in [2.05, 4.69) is 4.98 Å². The van der Waals surface area contributed by atoms with Gasteiger partial charge in [0.2, 0.25) is 9.84 Å². The van der Waals surface area contributed by atoms with Gasteiger partial charge in [0.05, 0.1) is 22.7 Å². The van der Waals surface area contributed by atoms with Crippen molar-refractivity contribution in [3.05, 3.63) is 107 Å². The molecule has 0 bridgehead atoms. The molecular formula is C26H17ClN2O6S2. The third-order valence-electron chi connectivity index (χ3n) is 5.75. The summed E-state index contributed by atoms with van der Waals surface area (Å²) in [5.41, 5.74) is 0.393. The molecule has 0 radical (unpaired) electrons. The number of Topliss-reactive ketones (excluding diaryl/α,β-unsaturated/α-hetero) is 1. The summed E-state index contributed by atoms with van der Waals surface area (Å²) in [5.74, 6) is -2.46. The van der Waals surface area contributed by atoms with E-state index in [-0.39, 0.29) is 31.1 Å². The second-order valence-corrected chi connectivity index (χ2v) is 11.7.